The zero-order chi connectivity index (χ0) is 18.2. The van der Waals surface area contributed by atoms with Crippen LogP contribution in [0.25, 0.3) is 0 Å². The molecule has 7 nitrogen and oxygen atoms in total. The monoisotopic (exact) mass is 367 g/mol. The predicted octanol–water partition coefficient (Wildman–Crippen LogP) is 2.36. The first kappa shape index (κ1) is 18.3. The minimum absolute atomic E-state index is 0.190. The van der Waals surface area contributed by atoms with Crippen LogP contribution >= 0.6 is 0 Å². The van der Waals surface area contributed by atoms with E-state index in [9.17, 15) is 18.5 Å². The van der Waals surface area contributed by atoms with Crippen molar-refractivity contribution in [2.24, 2.45) is 5.92 Å². The van der Waals surface area contributed by atoms with Crippen LogP contribution in [0.1, 0.15) is 36.8 Å². The molecule has 1 aliphatic carbocycles. The first-order valence-electron chi connectivity index (χ1n) is 8.78. The number of hydrogen-bond donors (Lipinski definition) is 1. The third-order valence-corrected chi connectivity index (χ3v) is 7.16. The van der Waals surface area contributed by atoms with Gasteiger partial charge in [0.1, 0.15) is 0 Å². The van der Waals surface area contributed by atoms with E-state index in [2.05, 4.69) is 5.32 Å². The molecule has 0 spiro atoms. The van der Waals surface area contributed by atoms with Crippen LogP contribution in [0.2, 0.25) is 0 Å². The average molecular weight is 367 g/mol. The summed E-state index contributed by atoms with van der Waals surface area (Å²) in [7, 11) is -3.86. The molecule has 0 bridgehead atoms. The molecule has 138 valence electrons. The predicted molar refractivity (Wildman–Crippen MR) is 95.1 cm³/mol. The van der Waals surface area contributed by atoms with Crippen LogP contribution in [0.5, 0.6) is 0 Å². The van der Waals surface area contributed by atoms with Gasteiger partial charge >= 0.3 is 0 Å². The Morgan fingerprint density at radius 2 is 1.76 bits per heavy atom. The molecule has 25 heavy (non-hydrogen) atoms. The van der Waals surface area contributed by atoms with Crippen LogP contribution in [0.3, 0.4) is 0 Å². The molecule has 1 saturated heterocycles. The van der Waals surface area contributed by atoms with Crippen LogP contribution in [0.15, 0.2) is 17.0 Å². The minimum Gasteiger partial charge on any atom is -0.314 e. The van der Waals surface area contributed by atoms with Gasteiger partial charge < -0.3 is 5.32 Å². The van der Waals surface area contributed by atoms with E-state index in [1.807, 2.05) is 0 Å². The standard InChI is InChI=1S/C17H25N3O4S/c1-12-9-16(20(21)22)17(10-13(12)2)25(23,24)19-7-5-15(6-8-19)18-11-14-3-4-14/h9-10,14-15,18H,3-8,11H2,1-2H3. The summed E-state index contributed by atoms with van der Waals surface area (Å²) in [5.74, 6) is 0.792. The van der Waals surface area contributed by atoms with E-state index in [4.69, 9.17) is 0 Å². The molecule has 1 aromatic rings. The second-order valence-electron chi connectivity index (χ2n) is 7.19. The number of nitrogens with zero attached hydrogens (tertiary/aromatic N) is 2. The molecule has 1 aliphatic heterocycles. The van der Waals surface area contributed by atoms with Crippen molar-refractivity contribution in [2.75, 3.05) is 19.6 Å². The van der Waals surface area contributed by atoms with Crippen molar-refractivity contribution in [1.82, 2.24) is 9.62 Å². The second kappa shape index (κ2) is 7.01. The van der Waals surface area contributed by atoms with E-state index >= 15 is 0 Å². The normalized spacial score (nSPS) is 19.9. The molecular formula is C17H25N3O4S. The molecule has 0 atom stereocenters. The minimum atomic E-state index is -3.86. The quantitative estimate of drug-likeness (QED) is 0.615. The highest BCUT2D eigenvalue weighted by atomic mass is 32.2. The SMILES string of the molecule is Cc1cc([N+](=O)[O-])c(S(=O)(=O)N2CCC(NCC3CC3)CC2)cc1C. The summed E-state index contributed by atoms with van der Waals surface area (Å²) in [6, 6.07) is 3.12. The largest absolute Gasteiger partial charge is 0.314 e. The molecule has 1 aromatic carbocycles. The van der Waals surface area contributed by atoms with E-state index in [-0.39, 0.29) is 10.6 Å². The Kier molecular flexibility index (Phi) is 5.13. The fraction of sp³-hybridized carbons (Fsp3) is 0.647. The summed E-state index contributed by atoms with van der Waals surface area (Å²) in [5, 5.41) is 14.8. The third-order valence-electron chi connectivity index (χ3n) is 5.24. The highest BCUT2D eigenvalue weighted by Gasteiger charge is 2.35. The first-order chi connectivity index (χ1) is 11.8. The first-order valence-corrected chi connectivity index (χ1v) is 10.2. The van der Waals surface area contributed by atoms with Gasteiger partial charge in [-0.2, -0.15) is 4.31 Å². The Balaban J connectivity index is 1.75. The van der Waals surface area contributed by atoms with Crippen LogP contribution in [0, 0.1) is 29.9 Å². The molecule has 1 heterocycles. The number of nitro benzene ring substituents is 1. The van der Waals surface area contributed by atoms with Gasteiger partial charge in [0, 0.05) is 25.2 Å². The Hall–Kier alpha value is -1.51. The molecule has 0 amide bonds. The van der Waals surface area contributed by atoms with E-state index in [1.54, 1.807) is 13.8 Å². The van der Waals surface area contributed by atoms with Gasteiger partial charge in [0.05, 0.1) is 4.92 Å². The van der Waals surface area contributed by atoms with E-state index in [1.165, 1.54) is 29.3 Å². The fourth-order valence-electron chi connectivity index (χ4n) is 3.22. The van der Waals surface area contributed by atoms with Gasteiger partial charge in [-0.05, 0) is 69.2 Å². The summed E-state index contributed by atoms with van der Waals surface area (Å²) >= 11 is 0. The summed E-state index contributed by atoms with van der Waals surface area (Å²) in [6.07, 6.45) is 4.06. The van der Waals surface area contributed by atoms with Crippen molar-refractivity contribution >= 4 is 15.7 Å². The number of sulfonamides is 1. The Morgan fingerprint density at radius 3 is 2.32 bits per heavy atom. The summed E-state index contributed by atoms with van der Waals surface area (Å²) < 4.78 is 27.3. The topological polar surface area (TPSA) is 92.5 Å². The molecule has 1 saturated carbocycles. The Bertz CT molecular complexity index is 766. The molecule has 0 aromatic heterocycles. The lowest BCUT2D eigenvalue weighted by Crippen LogP contribution is -2.45. The number of aryl methyl sites for hydroxylation is 2. The van der Waals surface area contributed by atoms with Gasteiger partial charge in [-0.15, -0.1) is 0 Å². The summed E-state index contributed by atoms with van der Waals surface area (Å²) in [6.45, 7) is 5.32. The lowest BCUT2D eigenvalue weighted by molar-refractivity contribution is -0.387. The van der Waals surface area contributed by atoms with Gasteiger partial charge in [0.15, 0.2) is 4.90 Å². The van der Waals surface area contributed by atoms with Crippen molar-refractivity contribution in [3.05, 3.63) is 33.4 Å². The second-order valence-corrected chi connectivity index (χ2v) is 9.10. The van der Waals surface area contributed by atoms with Gasteiger partial charge in [-0.3, -0.25) is 10.1 Å². The van der Waals surface area contributed by atoms with Gasteiger partial charge in [-0.1, -0.05) is 0 Å². The molecule has 2 aliphatic rings. The van der Waals surface area contributed by atoms with E-state index in [0.29, 0.717) is 24.7 Å². The molecule has 2 fully saturated rings. The lowest BCUT2D eigenvalue weighted by Gasteiger charge is -2.31. The molecule has 8 heteroatoms. The fourth-order valence-corrected chi connectivity index (χ4v) is 4.91. The molecule has 0 radical (unpaired) electrons. The van der Waals surface area contributed by atoms with Crippen molar-refractivity contribution < 1.29 is 13.3 Å². The zero-order valence-corrected chi connectivity index (χ0v) is 15.5. The molecule has 0 unspecified atom stereocenters. The zero-order valence-electron chi connectivity index (χ0n) is 14.7. The van der Waals surface area contributed by atoms with Crippen molar-refractivity contribution in [1.29, 1.82) is 0 Å². The summed E-state index contributed by atoms with van der Waals surface area (Å²) in [5.41, 5.74) is 1.12. The van der Waals surface area contributed by atoms with Crippen molar-refractivity contribution in [3.8, 4) is 0 Å². The van der Waals surface area contributed by atoms with Crippen LogP contribution in [0.4, 0.5) is 5.69 Å². The molecule has 3 rings (SSSR count). The van der Waals surface area contributed by atoms with Crippen LogP contribution < -0.4 is 5.32 Å². The third kappa shape index (κ3) is 4.02. The van der Waals surface area contributed by atoms with Gasteiger partial charge in [-0.25, -0.2) is 8.42 Å². The van der Waals surface area contributed by atoms with E-state index in [0.717, 1.165) is 30.9 Å². The number of hydrogen-bond acceptors (Lipinski definition) is 5. The highest BCUT2D eigenvalue weighted by molar-refractivity contribution is 7.89. The van der Waals surface area contributed by atoms with E-state index < -0.39 is 14.9 Å². The Morgan fingerprint density at radius 1 is 1.16 bits per heavy atom. The maximum Gasteiger partial charge on any atom is 0.289 e. The maximum absolute atomic E-state index is 13.0. The number of rotatable bonds is 6. The summed E-state index contributed by atoms with van der Waals surface area (Å²) in [4.78, 5) is 10.5. The molecule has 1 N–H and O–H groups in total. The number of nitrogens with one attached hydrogen (secondary N) is 1. The highest BCUT2D eigenvalue weighted by Crippen LogP contribution is 2.31. The average Bonchev–Trinajstić information content (AvgIpc) is 3.39. The van der Waals surface area contributed by atoms with Gasteiger partial charge in [0.25, 0.3) is 5.69 Å². The van der Waals surface area contributed by atoms with Crippen molar-refractivity contribution in [3.63, 3.8) is 0 Å². The molecular weight excluding hydrogens is 342 g/mol. The van der Waals surface area contributed by atoms with Crippen LogP contribution in [-0.4, -0.2) is 43.3 Å². The number of piperidine rings is 1. The number of nitro groups is 1. The van der Waals surface area contributed by atoms with Crippen molar-refractivity contribution in [2.45, 2.75) is 50.5 Å². The van der Waals surface area contributed by atoms with Gasteiger partial charge in [0.2, 0.25) is 10.0 Å². The lowest BCUT2D eigenvalue weighted by atomic mass is 10.1. The maximum atomic E-state index is 13.0. The Labute approximate surface area is 148 Å². The van der Waals surface area contributed by atoms with Crippen LogP contribution in [-0.2, 0) is 10.0 Å². The smallest absolute Gasteiger partial charge is 0.289 e. The number of benzene rings is 1.